The van der Waals surface area contributed by atoms with Gasteiger partial charge in [0, 0.05) is 32.0 Å². The van der Waals surface area contributed by atoms with Crippen LogP contribution in [0.2, 0.25) is 0 Å². The predicted molar refractivity (Wildman–Crippen MR) is 117 cm³/mol. The van der Waals surface area contributed by atoms with E-state index in [1.807, 2.05) is 32.0 Å². The zero-order valence-corrected chi connectivity index (χ0v) is 18.5. The van der Waals surface area contributed by atoms with E-state index in [1.54, 1.807) is 18.1 Å². The molecule has 0 atom stereocenters. The van der Waals surface area contributed by atoms with E-state index in [4.69, 9.17) is 9.47 Å². The third-order valence-corrected chi connectivity index (χ3v) is 6.17. The minimum absolute atomic E-state index is 0.0640. The zero-order valence-electron chi connectivity index (χ0n) is 18.5. The van der Waals surface area contributed by atoms with Gasteiger partial charge in [-0.25, -0.2) is 14.7 Å². The smallest absolute Gasteiger partial charge is 0.416 e. The lowest BCUT2D eigenvalue weighted by atomic mass is 9.86. The molecule has 0 saturated carbocycles. The van der Waals surface area contributed by atoms with Gasteiger partial charge in [-0.15, -0.1) is 0 Å². The Morgan fingerprint density at radius 2 is 1.84 bits per heavy atom. The van der Waals surface area contributed by atoms with E-state index in [1.165, 1.54) is 22.7 Å². The van der Waals surface area contributed by atoms with Crippen molar-refractivity contribution in [2.75, 3.05) is 18.6 Å². The maximum Gasteiger partial charge on any atom is 0.416 e. The molecule has 1 fully saturated rings. The van der Waals surface area contributed by atoms with Gasteiger partial charge in [-0.2, -0.15) is 0 Å². The van der Waals surface area contributed by atoms with Crippen LogP contribution in [0.4, 0.5) is 10.5 Å². The molecular formula is C24H27N3O5. The van der Waals surface area contributed by atoms with Crippen LogP contribution in [0.15, 0.2) is 36.5 Å². The monoisotopic (exact) mass is 437 g/mol. The molecule has 168 valence electrons. The normalized spacial score (nSPS) is 16.9. The summed E-state index contributed by atoms with van der Waals surface area (Å²) in [5, 5.41) is 0. The topological polar surface area (TPSA) is 89.0 Å². The molecule has 0 radical (unpaired) electrons. The maximum atomic E-state index is 12.6. The van der Waals surface area contributed by atoms with E-state index in [0.29, 0.717) is 31.6 Å². The van der Waals surface area contributed by atoms with E-state index in [9.17, 15) is 14.4 Å². The van der Waals surface area contributed by atoms with Crippen molar-refractivity contribution in [2.24, 2.45) is 11.8 Å². The minimum Gasteiger partial charge on any atom is -0.497 e. The molecule has 0 N–H and O–H groups in total. The number of hydrogen-bond donors (Lipinski definition) is 0. The van der Waals surface area contributed by atoms with Crippen molar-refractivity contribution >= 4 is 23.6 Å². The number of rotatable bonds is 4. The number of fused-ring (bicyclic) bond motifs is 1. The van der Waals surface area contributed by atoms with E-state index in [-0.39, 0.29) is 29.5 Å². The van der Waals surface area contributed by atoms with Crippen molar-refractivity contribution in [1.29, 1.82) is 0 Å². The highest BCUT2D eigenvalue weighted by Crippen LogP contribution is 2.30. The average molecular weight is 437 g/mol. The number of hydrogen-bond acceptors (Lipinski definition) is 6. The quantitative estimate of drug-likeness (QED) is 0.680. The Labute approximate surface area is 187 Å². The van der Waals surface area contributed by atoms with Gasteiger partial charge in [-0.05, 0) is 47.6 Å². The van der Waals surface area contributed by atoms with Crippen LogP contribution in [0.1, 0.15) is 37.8 Å². The van der Waals surface area contributed by atoms with Crippen molar-refractivity contribution in [3.63, 3.8) is 0 Å². The van der Waals surface area contributed by atoms with Crippen LogP contribution >= 0.6 is 0 Å². The summed E-state index contributed by atoms with van der Waals surface area (Å²) in [5.41, 5.74) is 2.60. The van der Waals surface area contributed by atoms with Crippen molar-refractivity contribution in [3.05, 3.63) is 47.7 Å². The number of nitrogens with zero attached hydrogens (tertiary/aromatic N) is 3. The molecule has 2 aliphatic heterocycles. The zero-order chi connectivity index (χ0) is 22.8. The maximum absolute atomic E-state index is 12.6. The van der Waals surface area contributed by atoms with Gasteiger partial charge in [0.1, 0.15) is 5.75 Å². The molecule has 1 aromatic heterocycles. The molecule has 3 amide bonds. The summed E-state index contributed by atoms with van der Waals surface area (Å²) in [6.07, 6.45) is 2.30. The number of anilines is 1. The van der Waals surface area contributed by atoms with Crippen molar-refractivity contribution in [1.82, 2.24) is 9.88 Å². The number of benzene rings is 1. The Hall–Kier alpha value is -3.42. The SMILES string of the molecule is COc1ccc2c(c1)CN(C(=O)Oc1ccc(N3C(=O)CC(C(C)C)CC3=O)cn1)CC2. The summed E-state index contributed by atoms with van der Waals surface area (Å²) < 4.78 is 10.7. The highest BCUT2D eigenvalue weighted by Gasteiger charge is 2.35. The van der Waals surface area contributed by atoms with Gasteiger partial charge in [0.25, 0.3) is 0 Å². The van der Waals surface area contributed by atoms with Crippen LogP contribution in [-0.4, -0.2) is 41.4 Å². The minimum atomic E-state index is -0.497. The molecule has 2 aliphatic rings. The number of amides is 3. The second-order valence-corrected chi connectivity index (χ2v) is 8.56. The standard InChI is InChI=1S/C24H27N3O5/c1-15(2)17-11-22(28)27(23(29)12-17)19-5-7-21(25-13-19)32-24(30)26-9-8-16-4-6-20(31-3)10-18(16)14-26/h4-7,10,13,15,17H,8-9,11-12,14H2,1-3H3. The van der Waals surface area contributed by atoms with Crippen molar-refractivity contribution in [2.45, 2.75) is 39.7 Å². The molecule has 2 aromatic rings. The molecule has 1 aromatic carbocycles. The van der Waals surface area contributed by atoms with Gasteiger partial charge in [0.15, 0.2) is 0 Å². The highest BCUT2D eigenvalue weighted by molar-refractivity contribution is 6.16. The molecule has 8 heteroatoms. The Morgan fingerprint density at radius 3 is 2.47 bits per heavy atom. The number of ether oxygens (including phenoxy) is 2. The first-order valence-electron chi connectivity index (χ1n) is 10.8. The fraction of sp³-hybridized carbons (Fsp3) is 0.417. The molecule has 1 saturated heterocycles. The second-order valence-electron chi connectivity index (χ2n) is 8.56. The molecule has 0 spiro atoms. The van der Waals surface area contributed by atoms with E-state index in [2.05, 4.69) is 4.98 Å². The van der Waals surface area contributed by atoms with Crippen LogP contribution < -0.4 is 14.4 Å². The predicted octanol–water partition coefficient (Wildman–Crippen LogP) is 3.57. The number of imide groups is 1. The lowest BCUT2D eigenvalue weighted by Crippen LogP contribution is -2.44. The van der Waals surface area contributed by atoms with Crippen molar-refractivity contribution in [3.8, 4) is 11.6 Å². The fourth-order valence-corrected chi connectivity index (χ4v) is 4.14. The lowest BCUT2D eigenvalue weighted by molar-refractivity contribution is -0.131. The van der Waals surface area contributed by atoms with Gasteiger partial charge in [0.05, 0.1) is 19.0 Å². The molecule has 32 heavy (non-hydrogen) atoms. The molecule has 0 bridgehead atoms. The number of methoxy groups -OCH3 is 1. The summed E-state index contributed by atoms with van der Waals surface area (Å²) >= 11 is 0. The van der Waals surface area contributed by atoms with Crippen molar-refractivity contribution < 1.29 is 23.9 Å². The second kappa shape index (κ2) is 8.98. The van der Waals surface area contributed by atoms with Crippen LogP contribution in [0, 0.1) is 11.8 Å². The molecule has 3 heterocycles. The summed E-state index contributed by atoms with van der Waals surface area (Å²) in [7, 11) is 1.61. The van der Waals surface area contributed by atoms with Gasteiger partial charge < -0.3 is 14.4 Å². The Kier molecular flexibility index (Phi) is 6.12. The molecule has 0 aliphatic carbocycles. The Bertz CT molecular complexity index is 1020. The molecular weight excluding hydrogens is 410 g/mol. The third kappa shape index (κ3) is 4.44. The largest absolute Gasteiger partial charge is 0.497 e. The summed E-state index contributed by atoms with van der Waals surface area (Å²) in [5.74, 6) is 0.745. The van der Waals surface area contributed by atoms with Gasteiger partial charge in [0.2, 0.25) is 17.7 Å². The highest BCUT2D eigenvalue weighted by atomic mass is 16.6. The summed E-state index contributed by atoms with van der Waals surface area (Å²) in [6, 6.07) is 8.95. The van der Waals surface area contributed by atoms with Crippen LogP contribution in [0.25, 0.3) is 0 Å². The fourth-order valence-electron chi connectivity index (χ4n) is 4.14. The van der Waals surface area contributed by atoms with E-state index < -0.39 is 6.09 Å². The molecule has 8 nitrogen and oxygen atoms in total. The number of carbonyl (C=O) groups excluding carboxylic acids is 3. The first kappa shape index (κ1) is 21.8. The number of pyridine rings is 1. The molecule has 0 unspecified atom stereocenters. The Balaban J connectivity index is 1.40. The van der Waals surface area contributed by atoms with Crippen LogP contribution in [0.3, 0.4) is 0 Å². The summed E-state index contributed by atoms with van der Waals surface area (Å²) in [6.45, 7) is 5.01. The summed E-state index contributed by atoms with van der Waals surface area (Å²) in [4.78, 5) is 44.6. The van der Waals surface area contributed by atoms with Crippen LogP contribution in [0.5, 0.6) is 11.6 Å². The number of aromatic nitrogens is 1. The van der Waals surface area contributed by atoms with Gasteiger partial charge in [-0.1, -0.05) is 19.9 Å². The van der Waals surface area contributed by atoms with Gasteiger partial charge >= 0.3 is 6.09 Å². The Morgan fingerprint density at radius 1 is 1.09 bits per heavy atom. The van der Waals surface area contributed by atoms with E-state index in [0.717, 1.165) is 17.7 Å². The first-order valence-corrected chi connectivity index (χ1v) is 10.8. The van der Waals surface area contributed by atoms with Gasteiger partial charge in [-0.3, -0.25) is 9.59 Å². The first-order chi connectivity index (χ1) is 15.4. The molecule has 4 rings (SSSR count). The van der Waals surface area contributed by atoms with E-state index >= 15 is 0 Å². The number of piperidine rings is 1. The lowest BCUT2D eigenvalue weighted by Gasteiger charge is -2.31. The number of carbonyl (C=O) groups is 3. The average Bonchev–Trinajstić information content (AvgIpc) is 2.78. The van der Waals surface area contributed by atoms with Crippen LogP contribution in [-0.2, 0) is 22.6 Å². The third-order valence-electron chi connectivity index (χ3n) is 6.17.